The molecule has 1 aliphatic carbocycles. The lowest BCUT2D eigenvalue weighted by Gasteiger charge is -2.46. The summed E-state index contributed by atoms with van der Waals surface area (Å²) in [6.07, 6.45) is 5.20. The smallest absolute Gasteiger partial charge is 0.308 e. The minimum atomic E-state index is -2.34. The Labute approximate surface area is 293 Å². The summed E-state index contributed by atoms with van der Waals surface area (Å²) in [5, 5.41) is -0.0798. The maximum absolute atomic E-state index is 14.8. The average Bonchev–Trinajstić information content (AvgIpc) is 3.52. The van der Waals surface area contributed by atoms with Crippen LogP contribution in [0.1, 0.15) is 115 Å². The Bertz CT molecular complexity index is 1050. The molecule has 1 fully saturated rings. The highest BCUT2D eigenvalue weighted by Crippen LogP contribution is 2.57. The van der Waals surface area contributed by atoms with Crippen molar-refractivity contribution in [3.05, 3.63) is 0 Å². The van der Waals surface area contributed by atoms with Gasteiger partial charge in [0.25, 0.3) is 0 Å². The van der Waals surface area contributed by atoms with Gasteiger partial charge in [0.15, 0.2) is 16.6 Å². The van der Waals surface area contributed by atoms with E-state index in [1.54, 1.807) is 0 Å². The van der Waals surface area contributed by atoms with Crippen molar-refractivity contribution >= 4 is 42.7 Å². The monoisotopic (exact) mass is 712 g/mol. The fourth-order valence-electron chi connectivity index (χ4n) is 6.07. The highest BCUT2D eigenvalue weighted by atomic mass is 28.4. The molecule has 0 amide bonds. The van der Waals surface area contributed by atoms with Gasteiger partial charge in [0.1, 0.15) is 12.1 Å². The molecule has 0 aliphatic heterocycles. The molecule has 9 heteroatoms. The van der Waals surface area contributed by atoms with Crippen LogP contribution in [0.3, 0.4) is 0 Å². The second-order valence-corrected chi connectivity index (χ2v) is 35.3. The number of Topliss-reactive ketones (excluding diaryl/α,β-unsaturated/α-hetero) is 1. The van der Waals surface area contributed by atoms with E-state index in [9.17, 15) is 14.4 Å². The van der Waals surface area contributed by atoms with E-state index >= 15 is 0 Å². The number of esters is 1. The van der Waals surface area contributed by atoms with E-state index in [2.05, 4.69) is 101 Å². The molecule has 0 saturated heterocycles. The second-order valence-electron chi connectivity index (χ2n) is 20.1. The van der Waals surface area contributed by atoms with E-state index < -0.39 is 36.2 Å². The predicted octanol–water partition coefficient (Wildman–Crippen LogP) is 10.7. The number of carbonyl (C=O) groups excluding carboxylic acids is 3. The van der Waals surface area contributed by atoms with Gasteiger partial charge >= 0.3 is 5.97 Å². The average molecular weight is 713 g/mol. The molecule has 0 aromatic rings. The SMILES string of the molecule is C[C@@H](CCC[C@@]1(C)C[C@H]1CC=O)[C@H](O[Si](C)(C)C(C)(C)C)[C@@H](C)C(=O)C(C)(C)[C@H](CC(=O)OCC[Si](C)(C)C)O[Si](C)(C)C(C)(C)C. The van der Waals surface area contributed by atoms with Crippen LogP contribution in [0.5, 0.6) is 0 Å². The largest absolute Gasteiger partial charge is 0.466 e. The van der Waals surface area contributed by atoms with Gasteiger partial charge in [-0.25, -0.2) is 0 Å². The van der Waals surface area contributed by atoms with Crippen LogP contribution >= 0.6 is 0 Å². The van der Waals surface area contributed by atoms with Crippen LogP contribution in [0.2, 0.25) is 61.9 Å². The summed E-state index contributed by atoms with van der Waals surface area (Å²) in [6.45, 7) is 40.0. The Morgan fingerprint density at radius 2 is 1.38 bits per heavy atom. The first kappa shape index (κ1) is 44.4. The molecule has 0 unspecified atom stereocenters. The first-order chi connectivity index (χ1) is 20.9. The lowest BCUT2D eigenvalue weighted by molar-refractivity contribution is -0.150. The molecular formula is C38H76O6Si3. The summed E-state index contributed by atoms with van der Waals surface area (Å²) in [4.78, 5) is 39.2. The van der Waals surface area contributed by atoms with Crippen LogP contribution in [0.25, 0.3) is 0 Å². The molecule has 1 rings (SSSR count). The van der Waals surface area contributed by atoms with Gasteiger partial charge in [0, 0.05) is 25.8 Å². The third-order valence-corrected chi connectivity index (χ3v) is 22.8. The molecule has 0 bridgehead atoms. The zero-order valence-electron chi connectivity index (χ0n) is 34.1. The lowest BCUT2D eigenvalue weighted by atomic mass is 9.73. The minimum Gasteiger partial charge on any atom is -0.466 e. The van der Waals surface area contributed by atoms with Crippen LogP contribution in [-0.2, 0) is 28.0 Å². The molecule has 0 aromatic carbocycles. The predicted molar refractivity (Wildman–Crippen MR) is 206 cm³/mol. The molecular weight excluding hydrogens is 637 g/mol. The van der Waals surface area contributed by atoms with Gasteiger partial charge in [-0.1, -0.05) is 102 Å². The third-order valence-electron chi connectivity index (χ3n) is 12.2. The molecule has 6 nitrogen and oxygen atoms in total. The molecule has 0 radical (unpaired) electrons. The molecule has 47 heavy (non-hydrogen) atoms. The van der Waals surface area contributed by atoms with E-state index in [0.29, 0.717) is 18.9 Å². The lowest BCUT2D eigenvalue weighted by Crippen LogP contribution is -2.54. The van der Waals surface area contributed by atoms with Gasteiger partial charge in [-0.15, -0.1) is 0 Å². The summed E-state index contributed by atoms with van der Waals surface area (Å²) in [5.41, 5.74) is -0.664. The maximum atomic E-state index is 14.8. The van der Waals surface area contributed by atoms with Crippen LogP contribution in [-0.4, -0.2) is 61.6 Å². The van der Waals surface area contributed by atoms with Crippen LogP contribution in [0, 0.1) is 28.6 Å². The van der Waals surface area contributed by atoms with Crippen molar-refractivity contribution < 1.29 is 28.0 Å². The number of ether oxygens (including phenoxy) is 1. The van der Waals surface area contributed by atoms with Crippen LogP contribution in [0.15, 0.2) is 0 Å². The van der Waals surface area contributed by atoms with E-state index in [1.165, 1.54) is 0 Å². The number of carbonyl (C=O) groups is 3. The number of ketones is 1. The van der Waals surface area contributed by atoms with Crippen LogP contribution in [0.4, 0.5) is 0 Å². The van der Waals surface area contributed by atoms with Crippen molar-refractivity contribution in [2.24, 2.45) is 28.6 Å². The first-order valence-electron chi connectivity index (χ1n) is 18.4. The summed E-state index contributed by atoms with van der Waals surface area (Å²) >= 11 is 0. The standard InChI is InChI=1S/C38H76O6Si3/c1-28(20-19-22-38(11)27-30(38)21-23-39)33(44-47(17,18)36(6,7)8)29(2)34(41)37(9,10)31(43-46(15,16)35(3,4)5)26-32(40)42-24-25-45(12,13)14/h23,28-31,33H,19-22,24-27H2,1-18H3/t28-,29+,30+,31-,33-,38-/m0/s1. The minimum absolute atomic E-state index is 0.000442. The van der Waals surface area contributed by atoms with Gasteiger partial charge in [0.05, 0.1) is 25.2 Å². The van der Waals surface area contributed by atoms with Gasteiger partial charge < -0.3 is 18.4 Å². The molecule has 0 N–H and O–H groups in total. The maximum Gasteiger partial charge on any atom is 0.308 e. The van der Waals surface area contributed by atoms with Crippen molar-refractivity contribution in [3.8, 4) is 0 Å². The molecule has 1 saturated carbocycles. The Morgan fingerprint density at radius 3 is 1.85 bits per heavy atom. The van der Waals surface area contributed by atoms with Crippen molar-refractivity contribution in [2.75, 3.05) is 6.61 Å². The molecule has 0 heterocycles. The highest BCUT2D eigenvalue weighted by molar-refractivity contribution is 6.76. The summed E-state index contributed by atoms with van der Waals surface area (Å²) in [7, 11) is -5.91. The highest BCUT2D eigenvalue weighted by Gasteiger charge is 2.51. The molecule has 6 atom stereocenters. The van der Waals surface area contributed by atoms with Gasteiger partial charge in [-0.05, 0) is 78.8 Å². The quantitative estimate of drug-likeness (QED) is 0.0710. The Kier molecular flexibility index (Phi) is 15.3. The second kappa shape index (κ2) is 16.2. The molecule has 0 aromatic heterocycles. The number of aldehydes is 1. The molecule has 0 spiro atoms. The molecule has 1 aliphatic rings. The topological polar surface area (TPSA) is 78.9 Å². The Balaban J connectivity index is 3.37. The zero-order valence-corrected chi connectivity index (χ0v) is 37.1. The van der Waals surface area contributed by atoms with E-state index in [4.69, 9.17) is 13.6 Å². The van der Waals surface area contributed by atoms with E-state index in [0.717, 1.165) is 38.0 Å². The van der Waals surface area contributed by atoms with E-state index in [-0.39, 0.29) is 51.6 Å². The van der Waals surface area contributed by atoms with Crippen molar-refractivity contribution in [1.29, 1.82) is 0 Å². The summed E-state index contributed by atoms with van der Waals surface area (Å²) in [6, 6.07) is 0.910. The van der Waals surface area contributed by atoms with Crippen molar-refractivity contribution in [3.63, 3.8) is 0 Å². The number of hydrogen-bond donors (Lipinski definition) is 0. The molecule has 276 valence electrons. The van der Waals surface area contributed by atoms with E-state index in [1.807, 2.05) is 20.8 Å². The van der Waals surface area contributed by atoms with Crippen molar-refractivity contribution in [1.82, 2.24) is 0 Å². The van der Waals surface area contributed by atoms with Gasteiger partial charge in [-0.2, -0.15) is 0 Å². The van der Waals surface area contributed by atoms with Gasteiger partial charge in [-0.3, -0.25) is 9.59 Å². The Hall–Kier alpha value is -0.619. The number of hydrogen-bond acceptors (Lipinski definition) is 6. The summed E-state index contributed by atoms with van der Waals surface area (Å²) < 4.78 is 19.9. The number of rotatable bonds is 20. The van der Waals surface area contributed by atoms with Crippen molar-refractivity contribution in [2.45, 2.75) is 189 Å². The first-order valence-corrected chi connectivity index (χ1v) is 27.9. The zero-order chi connectivity index (χ0) is 37.0. The van der Waals surface area contributed by atoms with Crippen LogP contribution < -0.4 is 0 Å². The third kappa shape index (κ3) is 12.9. The Morgan fingerprint density at radius 1 is 0.872 bits per heavy atom. The van der Waals surface area contributed by atoms with Gasteiger partial charge in [0.2, 0.25) is 0 Å². The normalized spacial score (nSPS) is 22.3. The fourth-order valence-corrected chi connectivity index (χ4v) is 9.69. The fraction of sp³-hybridized carbons (Fsp3) is 0.921. The summed E-state index contributed by atoms with van der Waals surface area (Å²) in [5.74, 6) is 0.117.